The first-order valence-electron chi connectivity index (χ1n) is 12.1. The van der Waals surface area contributed by atoms with Gasteiger partial charge in [-0.05, 0) is 90.0 Å². The van der Waals surface area contributed by atoms with Crippen molar-refractivity contribution >= 4 is 64.2 Å². The van der Waals surface area contributed by atoms with E-state index < -0.39 is 23.0 Å². The van der Waals surface area contributed by atoms with Gasteiger partial charge in [-0.15, -0.1) is 11.8 Å². The van der Waals surface area contributed by atoms with Gasteiger partial charge >= 0.3 is 5.97 Å². The zero-order chi connectivity index (χ0) is 28.5. The molecule has 202 valence electrons. The molecule has 4 N–H and O–H groups in total. The Bertz CT molecular complexity index is 1540. The maximum atomic E-state index is 13.1. The highest BCUT2D eigenvalue weighted by molar-refractivity contribution is 8.00. The highest BCUT2D eigenvalue weighted by Crippen LogP contribution is 2.26. The maximum Gasteiger partial charge on any atom is 0.335 e. The molecule has 0 saturated carbocycles. The predicted octanol–water partition coefficient (Wildman–Crippen LogP) is 5.98. The summed E-state index contributed by atoms with van der Waals surface area (Å²) in [6, 6.07) is 23.5. The van der Waals surface area contributed by atoms with E-state index in [9.17, 15) is 19.2 Å². The standard InChI is InChI=1S/C30H25N3O5S2/c1-19(27(34)32-24-9-5-8-22(17-24)30(37)38)40-25-12-10-23(11-13-25)31-29(36)26(16-20-14-15-39-18-20)33-28(35)21-6-3-2-4-7-21/h2-19H,1H3,(H,31,36)(H,32,34)(H,33,35)(H,37,38)/b26-16-. The molecule has 8 nitrogen and oxygen atoms in total. The van der Waals surface area contributed by atoms with E-state index in [0.717, 1.165) is 10.5 Å². The summed E-state index contributed by atoms with van der Waals surface area (Å²) in [4.78, 5) is 50.4. The second kappa shape index (κ2) is 13.4. The number of carbonyl (C=O) groups is 4. The van der Waals surface area contributed by atoms with Gasteiger partial charge in [0.2, 0.25) is 5.91 Å². The number of amides is 3. The summed E-state index contributed by atoms with van der Waals surface area (Å²) in [5.41, 5.74) is 2.33. The Hall–Kier alpha value is -4.67. The fourth-order valence-corrected chi connectivity index (χ4v) is 5.00. The molecule has 10 heteroatoms. The lowest BCUT2D eigenvalue weighted by atomic mass is 10.2. The van der Waals surface area contributed by atoms with Crippen molar-refractivity contribution in [2.45, 2.75) is 17.1 Å². The van der Waals surface area contributed by atoms with Crippen molar-refractivity contribution in [3.63, 3.8) is 0 Å². The summed E-state index contributed by atoms with van der Waals surface area (Å²) in [6.45, 7) is 1.74. The molecule has 0 aliphatic heterocycles. The number of carboxylic acid groups (broad SMARTS) is 1. The number of hydrogen-bond acceptors (Lipinski definition) is 6. The second-order valence-corrected chi connectivity index (χ2v) is 10.7. The molecular formula is C30H25N3O5S2. The molecule has 1 aromatic heterocycles. The van der Waals surface area contributed by atoms with Gasteiger partial charge in [0.25, 0.3) is 11.8 Å². The van der Waals surface area contributed by atoms with Crippen LogP contribution in [0.1, 0.15) is 33.2 Å². The van der Waals surface area contributed by atoms with Crippen molar-refractivity contribution in [3.8, 4) is 0 Å². The molecule has 4 rings (SSSR count). The van der Waals surface area contributed by atoms with Crippen LogP contribution in [0, 0.1) is 0 Å². The lowest BCUT2D eigenvalue weighted by Crippen LogP contribution is -2.30. The van der Waals surface area contributed by atoms with E-state index in [4.69, 9.17) is 5.11 Å². The zero-order valence-corrected chi connectivity index (χ0v) is 22.9. The quantitative estimate of drug-likeness (QED) is 0.137. The minimum absolute atomic E-state index is 0.0868. The molecule has 40 heavy (non-hydrogen) atoms. The third kappa shape index (κ3) is 7.92. The number of carbonyl (C=O) groups excluding carboxylic acids is 3. The van der Waals surface area contributed by atoms with E-state index in [-0.39, 0.29) is 17.2 Å². The normalized spacial score (nSPS) is 11.8. The molecule has 0 bridgehead atoms. The molecule has 4 aromatic rings. The molecule has 0 fully saturated rings. The van der Waals surface area contributed by atoms with Crippen molar-refractivity contribution in [3.05, 3.63) is 118 Å². The Labute approximate surface area is 239 Å². The van der Waals surface area contributed by atoms with Gasteiger partial charge in [0.1, 0.15) is 5.70 Å². The van der Waals surface area contributed by atoms with E-state index in [1.807, 2.05) is 16.8 Å². The summed E-state index contributed by atoms with van der Waals surface area (Å²) in [5, 5.41) is 20.7. The first kappa shape index (κ1) is 28.3. The Morgan fingerprint density at radius 1 is 0.850 bits per heavy atom. The molecule has 3 aromatic carbocycles. The molecule has 1 unspecified atom stereocenters. The third-order valence-corrected chi connectivity index (χ3v) is 7.37. The number of nitrogens with one attached hydrogen (secondary N) is 3. The third-order valence-electron chi connectivity index (χ3n) is 5.55. The topological polar surface area (TPSA) is 125 Å². The van der Waals surface area contributed by atoms with Crippen LogP contribution < -0.4 is 16.0 Å². The van der Waals surface area contributed by atoms with E-state index in [1.54, 1.807) is 79.7 Å². The molecule has 1 heterocycles. The Kier molecular flexibility index (Phi) is 9.50. The number of aromatic carboxylic acids is 1. The Morgan fingerprint density at radius 2 is 1.57 bits per heavy atom. The van der Waals surface area contributed by atoms with Crippen molar-refractivity contribution in [2.75, 3.05) is 10.6 Å². The smallest absolute Gasteiger partial charge is 0.335 e. The van der Waals surface area contributed by atoms with Gasteiger partial charge in [-0.1, -0.05) is 24.3 Å². The van der Waals surface area contributed by atoms with Crippen LogP contribution in [0.2, 0.25) is 0 Å². The first-order valence-corrected chi connectivity index (χ1v) is 13.9. The van der Waals surface area contributed by atoms with Crippen molar-refractivity contribution in [2.24, 2.45) is 0 Å². The Balaban J connectivity index is 1.38. The van der Waals surface area contributed by atoms with E-state index in [2.05, 4.69) is 16.0 Å². The molecular weight excluding hydrogens is 546 g/mol. The second-order valence-electron chi connectivity index (χ2n) is 8.55. The highest BCUT2D eigenvalue weighted by Gasteiger charge is 2.17. The average Bonchev–Trinajstić information content (AvgIpc) is 3.47. The van der Waals surface area contributed by atoms with Gasteiger partial charge in [-0.3, -0.25) is 14.4 Å². The number of thioether (sulfide) groups is 1. The molecule has 0 aliphatic rings. The average molecular weight is 572 g/mol. The number of benzene rings is 3. The number of carboxylic acids is 1. The molecule has 3 amide bonds. The largest absolute Gasteiger partial charge is 0.478 e. The Morgan fingerprint density at radius 3 is 2.25 bits per heavy atom. The SMILES string of the molecule is CC(Sc1ccc(NC(=O)/C(=C/c2ccsc2)NC(=O)c2ccccc2)cc1)C(=O)Nc1cccc(C(=O)O)c1. The number of thiophene rings is 1. The van der Waals surface area contributed by atoms with Gasteiger partial charge < -0.3 is 21.1 Å². The van der Waals surface area contributed by atoms with Gasteiger partial charge in [-0.2, -0.15) is 11.3 Å². The van der Waals surface area contributed by atoms with Crippen molar-refractivity contribution in [1.29, 1.82) is 0 Å². The van der Waals surface area contributed by atoms with Crippen LogP contribution in [0.25, 0.3) is 6.08 Å². The van der Waals surface area contributed by atoms with Gasteiger partial charge in [-0.25, -0.2) is 4.79 Å². The van der Waals surface area contributed by atoms with Crippen LogP contribution in [0.3, 0.4) is 0 Å². The van der Waals surface area contributed by atoms with Crippen LogP contribution >= 0.6 is 23.1 Å². The monoisotopic (exact) mass is 571 g/mol. The number of rotatable bonds is 10. The lowest BCUT2D eigenvalue weighted by molar-refractivity contribution is -0.115. The van der Waals surface area contributed by atoms with Crippen LogP contribution in [0.4, 0.5) is 11.4 Å². The van der Waals surface area contributed by atoms with Crippen LogP contribution in [-0.2, 0) is 9.59 Å². The summed E-state index contributed by atoms with van der Waals surface area (Å²) in [5.74, 6) is -2.22. The summed E-state index contributed by atoms with van der Waals surface area (Å²) < 4.78 is 0. The fourth-order valence-electron chi connectivity index (χ4n) is 3.51. The van der Waals surface area contributed by atoms with E-state index in [1.165, 1.54) is 35.2 Å². The minimum Gasteiger partial charge on any atom is -0.478 e. The van der Waals surface area contributed by atoms with E-state index >= 15 is 0 Å². The maximum absolute atomic E-state index is 13.1. The predicted molar refractivity (Wildman–Crippen MR) is 159 cm³/mol. The first-order chi connectivity index (χ1) is 19.3. The fraction of sp³-hybridized carbons (Fsp3) is 0.0667. The van der Waals surface area contributed by atoms with E-state index in [0.29, 0.717) is 16.9 Å². The summed E-state index contributed by atoms with van der Waals surface area (Å²) in [6.07, 6.45) is 1.61. The molecule has 0 radical (unpaired) electrons. The highest BCUT2D eigenvalue weighted by atomic mass is 32.2. The number of hydrogen-bond donors (Lipinski definition) is 4. The summed E-state index contributed by atoms with van der Waals surface area (Å²) >= 11 is 2.80. The molecule has 0 aliphatic carbocycles. The van der Waals surface area contributed by atoms with Gasteiger partial charge in [0, 0.05) is 21.8 Å². The van der Waals surface area contributed by atoms with Crippen LogP contribution in [0.15, 0.2) is 106 Å². The van der Waals surface area contributed by atoms with Crippen LogP contribution in [0.5, 0.6) is 0 Å². The van der Waals surface area contributed by atoms with Crippen molar-refractivity contribution < 1.29 is 24.3 Å². The van der Waals surface area contributed by atoms with Crippen LogP contribution in [-0.4, -0.2) is 34.0 Å². The minimum atomic E-state index is -1.07. The zero-order valence-electron chi connectivity index (χ0n) is 21.3. The summed E-state index contributed by atoms with van der Waals surface area (Å²) in [7, 11) is 0. The van der Waals surface area contributed by atoms with Gasteiger partial charge in [0.05, 0.1) is 10.8 Å². The molecule has 1 atom stereocenters. The number of anilines is 2. The van der Waals surface area contributed by atoms with Crippen molar-refractivity contribution in [1.82, 2.24) is 5.32 Å². The lowest BCUT2D eigenvalue weighted by Gasteiger charge is -2.14. The molecule has 0 spiro atoms. The molecule has 0 saturated heterocycles. The van der Waals surface area contributed by atoms with Gasteiger partial charge in [0.15, 0.2) is 0 Å².